The number of aromatic nitrogens is 2. The summed E-state index contributed by atoms with van der Waals surface area (Å²) < 4.78 is 29.9. The number of nitrogens with one attached hydrogen (secondary N) is 2. The molecule has 0 aromatic carbocycles. The van der Waals surface area contributed by atoms with Crippen LogP contribution in [-0.2, 0) is 21.4 Å². The van der Waals surface area contributed by atoms with Gasteiger partial charge in [0.2, 0.25) is 10.0 Å². The lowest BCUT2D eigenvalue weighted by atomic mass is 9.98. The van der Waals surface area contributed by atoms with Crippen molar-refractivity contribution in [1.82, 2.24) is 29.6 Å². The third-order valence-corrected chi connectivity index (χ3v) is 7.61. The number of carbonyl (C=O) groups excluding carboxylic acids is 2. The topological polar surface area (TPSA) is 117 Å². The third-order valence-electron chi connectivity index (χ3n) is 5.90. The molecule has 0 bridgehead atoms. The average molecular weight is 441 g/mol. The van der Waals surface area contributed by atoms with Crippen LogP contribution >= 0.6 is 0 Å². The van der Waals surface area contributed by atoms with Gasteiger partial charge in [-0.1, -0.05) is 12.8 Å². The lowest BCUT2D eigenvalue weighted by molar-refractivity contribution is -0.131. The van der Waals surface area contributed by atoms with Crippen LogP contribution in [-0.4, -0.2) is 79.2 Å². The molecule has 3 rings (SSSR count). The lowest BCUT2D eigenvalue weighted by Crippen LogP contribution is -2.44. The molecule has 2 heterocycles. The minimum Gasteiger partial charge on any atom is -0.323 e. The molecule has 1 aliphatic heterocycles. The first-order valence-corrected chi connectivity index (χ1v) is 11.9. The molecule has 1 spiro atoms. The Bertz CT molecular complexity index is 918. The van der Waals surface area contributed by atoms with Gasteiger partial charge in [0, 0.05) is 19.6 Å². The molecular formula is C19H32N6O4S. The highest BCUT2D eigenvalue weighted by atomic mass is 32.2. The number of rotatable bonds is 9. The van der Waals surface area contributed by atoms with Crippen LogP contribution in [0.25, 0.3) is 0 Å². The number of hydrogen-bond acceptors (Lipinski definition) is 6. The predicted octanol–water partition coefficient (Wildman–Crippen LogP) is 0.595. The quantitative estimate of drug-likeness (QED) is 0.429. The summed E-state index contributed by atoms with van der Waals surface area (Å²) in [5, 5.41) is 7.20. The van der Waals surface area contributed by atoms with Crippen LogP contribution in [0, 0.1) is 13.8 Å². The van der Waals surface area contributed by atoms with E-state index in [9.17, 15) is 18.0 Å². The summed E-state index contributed by atoms with van der Waals surface area (Å²) in [6, 6.07) is -0.376. The first-order chi connectivity index (χ1) is 14.1. The maximum absolute atomic E-state index is 12.8. The van der Waals surface area contributed by atoms with Crippen molar-refractivity contribution in [2.75, 3.05) is 33.7 Å². The highest BCUT2D eigenvalue weighted by molar-refractivity contribution is 7.89. The number of carbonyl (C=O) groups is 2. The number of likely N-dealkylation sites (N-methyl/N-ethyl adjacent to an activating group) is 1. The van der Waals surface area contributed by atoms with Crippen LogP contribution in [0.15, 0.2) is 4.90 Å². The Morgan fingerprint density at radius 2 is 1.83 bits per heavy atom. The van der Waals surface area contributed by atoms with Gasteiger partial charge in [-0.2, -0.15) is 5.10 Å². The Labute approximate surface area is 178 Å². The zero-order valence-corrected chi connectivity index (χ0v) is 19.0. The fourth-order valence-electron chi connectivity index (χ4n) is 4.29. The maximum atomic E-state index is 12.8. The summed E-state index contributed by atoms with van der Waals surface area (Å²) in [5.74, 6) is -0.179. The van der Waals surface area contributed by atoms with E-state index in [0.717, 1.165) is 19.4 Å². The first kappa shape index (κ1) is 22.7. The second-order valence-electron chi connectivity index (χ2n) is 8.45. The minimum absolute atomic E-state index is 0.133. The second kappa shape index (κ2) is 8.64. The molecule has 1 saturated carbocycles. The van der Waals surface area contributed by atoms with Crippen molar-refractivity contribution in [2.45, 2.75) is 62.9 Å². The summed E-state index contributed by atoms with van der Waals surface area (Å²) in [5.41, 5.74) is 0.321. The van der Waals surface area contributed by atoms with Crippen molar-refractivity contribution < 1.29 is 18.0 Å². The van der Waals surface area contributed by atoms with E-state index in [2.05, 4.69) is 15.1 Å². The molecular weight excluding hydrogens is 408 g/mol. The Morgan fingerprint density at radius 1 is 1.17 bits per heavy atom. The van der Waals surface area contributed by atoms with Crippen LogP contribution in [0.2, 0.25) is 0 Å². The van der Waals surface area contributed by atoms with Crippen molar-refractivity contribution in [3.05, 3.63) is 11.4 Å². The standard InChI is InChI=1S/C19H32N6O4S/c1-14-16(15(2)25(22-14)13-12-23(3)4)30(28,29)20-10-7-11-24-17(26)19(21-18(24)27)8-5-6-9-19/h20H,5-13H2,1-4H3,(H,21,27). The van der Waals surface area contributed by atoms with Crippen molar-refractivity contribution in [2.24, 2.45) is 0 Å². The smallest absolute Gasteiger partial charge is 0.323 e. The van der Waals surface area contributed by atoms with Crippen molar-refractivity contribution in [3.8, 4) is 0 Å². The zero-order chi connectivity index (χ0) is 22.1. The average Bonchev–Trinajstić information content (AvgIpc) is 3.30. The van der Waals surface area contributed by atoms with Gasteiger partial charge in [0.1, 0.15) is 10.4 Å². The highest BCUT2D eigenvalue weighted by Gasteiger charge is 2.52. The molecule has 0 atom stereocenters. The number of amides is 3. The number of nitrogens with zero attached hydrogens (tertiary/aromatic N) is 4. The number of aryl methyl sites for hydroxylation is 1. The third kappa shape index (κ3) is 4.37. The SMILES string of the molecule is Cc1nn(CCN(C)C)c(C)c1S(=O)(=O)NCCCN1C(=O)NC2(CCCC2)C1=O. The molecule has 0 radical (unpaired) electrons. The maximum Gasteiger partial charge on any atom is 0.325 e. The van der Waals surface area contributed by atoms with E-state index in [1.54, 1.807) is 18.5 Å². The van der Waals surface area contributed by atoms with Gasteiger partial charge in [0.15, 0.2) is 0 Å². The van der Waals surface area contributed by atoms with Crippen LogP contribution in [0.1, 0.15) is 43.5 Å². The largest absolute Gasteiger partial charge is 0.325 e. The van der Waals surface area contributed by atoms with Crippen molar-refractivity contribution in [3.63, 3.8) is 0 Å². The molecule has 168 valence electrons. The number of imide groups is 1. The molecule has 2 fully saturated rings. The fraction of sp³-hybridized carbons (Fsp3) is 0.737. The van der Waals surface area contributed by atoms with Crippen LogP contribution < -0.4 is 10.0 Å². The monoisotopic (exact) mass is 440 g/mol. The zero-order valence-electron chi connectivity index (χ0n) is 18.2. The Hall–Kier alpha value is -1.98. The molecule has 2 N–H and O–H groups in total. The molecule has 10 nitrogen and oxygen atoms in total. The van der Waals surface area contributed by atoms with Gasteiger partial charge in [-0.05, 0) is 47.2 Å². The summed E-state index contributed by atoms with van der Waals surface area (Å²) in [6.07, 6.45) is 3.57. The second-order valence-corrected chi connectivity index (χ2v) is 10.2. The van der Waals surface area contributed by atoms with Crippen molar-refractivity contribution >= 4 is 22.0 Å². The predicted molar refractivity (Wildman–Crippen MR) is 112 cm³/mol. The van der Waals surface area contributed by atoms with Gasteiger partial charge in [-0.25, -0.2) is 17.9 Å². The van der Waals surface area contributed by atoms with E-state index in [-0.39, 0.29) is 29.9 Å². The summed E-state index contributed by atoms with van der Waals surface area (Å²) >= 11 is 0. The molecule has 1 saturated heterocycles. The van der Waals surface area contributed by atoms with Crippen LogP contribution in [0.3, 0.4) is 0 Å². The van der Waals surface area contributed by atoms with E-state index in [0.29, 0.717) is 37.2 Å². The fourth-order valence-corrected chi connectivity index (χ4v) is 5.78. The Balaban J connectivity index is 1.57. The molecule has 30 heavy (non-hydrogen) atoms. The van der Waals surface area contributed by atoms with E-state index < -0.39 is 15.6 Å². The minimum atomic E-state index is -3.74. The molecule has 1 aliphatic carbocycles. The number of sulfonamides is 1. The van der Waals surface area contributed by atoms with Crippen molar-refractivity contribution in [1.29, 1.82) is 0 Å². The van der Waals surface area contributed by atoms with Gasteiger partial charge < -0.3 is 10.2 Å². The van der Waals surface area contributed by atoms with Crippen LogP contribution in [0.5, 0.6) is 0 Å². The van der Waals surface area contributed by atoms with E-state index in [1.807, 2.05) is 19.0 Å². The van der Waals surface area contributed by atoms with Gasteiger partial charge in [0.25, 0.3) is 5.91 Å². The van der Waals surface area contributed by atoms with Crippen LogP contribution in [0.4, 0.5) is 4.79 Å². The highest BCUT2D eigenvalue weighted by Crippen LogP contribution is 2.35. The molecule has 2 aliphatic rings. The first-order valence-electron chi connectivity index (χ1n) is 10.4. The summed E-state index contributed by atoms with van der Waals surface area (Å²) in [6.45, 7) is 5.11. The normalized spacial score (nSPS) is 18.8. The Morgan fingerprint density at radius 3 is 2.47 bits per heavy atom. The molecule has 0 unspecified atom stereocenters. The number of urea groups is 1. The summed E-state index contributed by atoms with van der Waals surface area (Å²) in [4.78, 5) is 28.3. The summed E-state index contributed by atoms with van der Waals surface area (Å²) in [7, 11) is 0.163. The van der Waals surface area contributed by atoms with Gasteiger partial charge in [-0.15, -0.1) is 0 Å². The van der Waals surface area contributed by atoms with Gasteiger partial charge >= 0.3 is 6.03 Å². The van der Waals surface area contributed by atoms with E-state index in [1.165, 1.54) is 4.90 Å². The number of hydrogen-bond donors (Lipinski definition) is 2. The molecule has 11 heteroatoms. The van der Waals surface area contributed by atoms with E-state index >= 15 is 0 Å². The molecule has 1 aromatic rings. The Kier molecular flexibility index (Phi) is 6.54. The van der Waals surface area contributed by atoms with Gasteiger partial charge in [0.05, 0.1) is 17.9 Å². The molecule has 3 amide bonds. The van der Waals surface area contributed by atoms with Gasteiger partial charge in [-0.3, -0.25) is 14.4 Å². The van der Waals surface area contributed by atoms with E-state index in [4.69, 9.17) is 0 Å². The lowest BCUT2D eigenvalue weighted by Gasteiger charge is -2.20. The molecule has 1 aromatic heterocycles.